The summed E-state index contributed by atoms with van der Waals surface area (Å²) in [6.07, 6.45) is 4.19. The highest BCUT2D eigenvalue weighted by Crippen LogP contribution is 2.16. The van der Waals surface area contributed by atoms with E-state index in [4.69, 9.17) is 4.74 Å². The Kier molecular flexibility index (Phi) is 4.04. The molecule has 3 rings (SSSR count). The average Bonchev–Trinajstić information content (AvgIpc) is 3.09. The summed E-state index contributed by atoms with van der Waals surface area (Å²) < 4.78 is 7.44. The molecule has 1 amide bonds. The van der Waals surface area contributed by atoms with Crippen LogP contribution in [0.1, 0.15) is 17.8 Å². The van der Waals surface area contributed by atoms with E-state index in [-0.39, 0.29) is 18.6 Å². The molecule has 2 aromatic rings. The minimum atomic E-state index is -0.0530. The predicted octanol–water partition coefficient (Wildman–Crippen LogP) is 0.970. The van der Waals surface area contributed by atoms with Gasteiger partial charge in [0.1, 0.15) is 12.6 Å². The van der Waals surface area contributed by atoms with E-state index in [2.05, 4.69) is 15.1 Å². The van der Waals surface area contributed by atoms with Crippen LogP contribution in [0.15, 0.2) is 24.5 Å². The van der Waals surface area contributed by atoms with Crippen LogP contribution in [0.3, 0.4) is 0 Å². The van der Waals surface area contributed by atoms with E-state index in [1.807, 2.05) is 19.9 Å². The molecule has 0 aromatic carbocycles. The zero-order valence-corrected chi connectivity index (χ0v) is 12.8. The maximum absolute atomic E-state index is 12.2. The molecule has 3 heterocycles. The number of carbonyl (C=O) groups is 1. The quantitative estimate of drug-likeness (QED) is 0.841. The van der Waals surface area contributed by atoms with Crippen LogP contribution in [0.25, 0.3) is 0 Å². The molecule has 0 N–H and O–H groups in total. The lowest BCUT2D eigenvalue weighted by molar-refractivity contribution is -0.131. The molecule has 1 aliphatic rings. The lowest BCUT2D eigenvalue weighted by Crippen LogP contribution is -2.33. The number of rotatable bonds is 4. The van der Waals surface area contributed by atoms with Crippen molar-refractivity contribution >= 4 is 5.91 Å². The average molecular weight is 301 g/mol. The zero-order chi connectivity index (χ0) is 15.5. The molecule has 0 aliphatic carbocycles. The molecule has 1 aliphatic heterocycles. The van der Waals surface area contributed by atoms with Crippen molar-refractivity contribution in [3.8, 4) is 6.01 Å². The Bertz CT molecular complexity index is 636. The summed E-state index contributed by atoms with van der Waals surface area (Å²) >= 11 is 0. The summed E-state index contributed by atoms with van der Waals surface area (Å²) in [5, 5.41) is 4.05. The van der Waals surface area contributed by atoms with Gasteiger partial charge in [-0.2, -0.15) is 5.10 Å². The first kappa shape index (κ1) is 14.5. The van der Waals surface area contributed by atoms with Crippen LogP contribution in [-0.2, 0) is 11.3 Å². The van der Waals surface area contributed by atoms with Gasteiger partial charge in [0, 0.05) is 36.7 Å². The van der Waals surface area contributed by atoms with E-state index < -0.39 is 0 Å². The summed E-state index contributed by atoms with van der Waals surface area (Å²) in [6, 6.07) is 4.10. The molecule has 0 bridgehead atoms. The third-order valence-corrected chi connectivity index (χ3v) is 3.59. The number of aromatic nitrogens is 4. The molecule has 22 heavy (non-hydrogen) atoms. The fraction of sp³-hybridized carbons (Fsp3) is 0.467. The van der Waals surface area contributed by atoms with E-state index in [0.717, 1.165) is 17.8 Å². The highest BCUT2D eigenvalue weighted by molar-refractivity contribution is 5.76. The first-order chi connectivity index (χ1) is 10.6. The molecular weight excluding hydrogens is 282 g/mol. The largest absolute Gasteiger partial charge is 0.458 e. The molecule has 7 nitrogen and oxygen atoms in total. The summed E-state index contributed by atoms with van der Waals surface area (Å²) in [7, 11) is 0. The van der Waals surface area contributed by atoms with Crippen LogP contribution in [0.5, 0.6) is 6.01 Å². The number of ether oxygens (including phenoxy) is 1. The van der Waals surface area contributed by atoms with Crippen molar-refractivity contribution in [3.05, 3.63) is 35.9 Å². The zero-order valence-electron chi connectivity index (χ0n) is 12.8. The van der Waals surface area contributed by atoms with Crippen LogP contribution >= 0.6 is 0 Å². The molecular formula is C15H19N5O2. The molecule has 1 fully saturated rings. The Morgan fingerprint density at radius 1 is 1.36 bits per heavy atom. The topological polar surface area (TPSA) is 73.1 Å². The molecule has 1 atom stereocenters. The van der Waals surface area contributed by atoms with Crippen LogP contribution in [-0.4, -0.2) is 49.7 Å². The summed E-state index contributed by atoms with van der Waals surface area (Å²) in [5.74, 6) is 0.0520. The molecule has 7 heteroatoms. The van der Waals surface area contributed by atoms with Gasteiger partial charge >= 0.3 is 6.01 Å². The van der Waals surface area contributed by atoms with Gasteiger partial charge in [0.25, 0.3) is 0 Å². The van der Waals surface area contributed by atoms with Gasteiger partial charge < -0.3 is 9.64 Å². The van der Waals surface area contributed by atoms with Crippen molar-refractivity contribution in [2.75, 3.05) is 13.1 Å². The third-order valence-electron chi connectivity index (χ3n) is 3.59. The second kappa shape index (κ2) is 6.13. The molecule has 2 aromatic heterocycles. The van der Waals surface area contributed by atoms with E-state index in [0.29, 0.717) is 19.1 Å². The molecule has 116 valence electrons. The first-order valence-corrected chi connectivity index (χ1v) is 7.34. The molecule has 0 radical (unpaired) electrons. The van der Waals surface area contributed by atoms with Crippen molar-refractivity contribution in [2.45, 2.75) is 32.9 Å². The Labute approximate surface area is 128 Å². The van der Waals surface area contributed by atoms with Gasteiger partial charge in [-0.25, -0.2) is 9.97 Å². The minimum Gasteiger partial charge on any atom is -0.458 e. The lowest BCUT2D eigenvalue weighted by atomic mass is 10.3. The molecule has 1 saturated heterocycles. The maximum atomic E-state index is 12.2. The second-order valence-corrected chi connectivity index (χ2v) is 5.51. The maximum Gasteiger partial charge on any atom is 0.317 e. The van der Waals surface area contributed by atoms with Crippen LogP contribution in [0.4, 0.5) is 0 Å². The smallest absolute Gasteiger partial charge is 0.317 e. The Morgan fingerprint density at radius 3 is 2.82 bits per heavy atom. The summed E-state index contributed by atoms with van der Waals surface area (Å²) in [4.78, 5) is 22.6. The molecule has 0 spiro atoms. The number of aryl methyl sites for hydroxylation is 2. The van der Waals surface area contributed by atoms with Gasteiger partial charge in [0.2, 0.25) is 5.91 Å². The monoisotopic (exact) mass is 301 g/mol. The number of hydrogen-bond acceptors (Lipinski definition) is 5. The van der Waals surface area contributed by atoms with Crippen molar-refractivity contribution in [3.63, 3.8) is 0 Å². The summed E-state index contributed by atoms with van der Waals surface area (Å²) in [5.41, 5.74) is 1.76. The number of carbonyl (C=O) groups excluding carboxylic acids is 1. The fourth-order valence-corrected chi connectivity index (χ4v) is 2.58. The van der Waals surface area contributed by atoms with Crippen LogP contribution in [0, 0.1) is 13.8 Å². The normalized spacial score (nSPS) is 17.7. The fourth-order valence-electron chi connectivity index (χ4n) is 2.58. The third kappa shape index (κ3) is 3.41. The van der Waals surface area contributed by atoms with E-state index in [9.17, 15) is 4.79 Å². The Hall–Kier alpha value is -2.44. The second-order valence-electron chi connectivity index (χ2n) is 5.51. The van der Waals surface area contributed by atoms with Crippen LogP contribution in [0.2, 0.25) is 0 Å². The summed E-state index contributed by atoms with van der Waals surface area (Å²) in [6.45, 7) is 5.35. The Balaban J connectivity index is 1.56. The number of amides is 1. The standard InChI is InChI=1S/C15H19N5O2/c1-11-8-12(2)18-15(17-11)22-13-4-7-19(9-13)14(21)10-20-6-3-5-16-20/h3,5-6,8,13H,4,7,9-10H2,1-2H3. The first-order valence-electron chi connectivity index (χ1n) is 7.34. The van der Waals surface area contributed by atoms with Gasteiger partial charge in [-0.15, -0.1) is 0 Å². The van der Waals surface area contributed by atoms with E-state index in [1.165, 1.54) is 0 Å². The van der Waals surface area contributed by atoms with Crippen molar-refractivity contribution in [2.24, 2.45) is 0 Å². The lowest BCUT2D eigenvalue weighted by Gasteiger charge is -2.16. The van der Waals surface area contributed by atoms with Crippen molar-refractivity contribution < 1.29 is 9.53 Å². The highest BCUT2D eigenvalue weighted by atomic mass is 16.5. The van der Waals surface area contributed by atoms with E-state index >= 15 is 0 Å². The van der Waals surface area contributed by atoms with Gasteiger partial charge in [0.05, 0.1) is 6.54 Å². The van der Waals surface area contributed by atoms with Gasteiger partial charge in [-0.05, 0) is 26.0 Å². The molecule has 1 unspecified atom stereocenters. The SMILES string of the molecule is Cc1cc(C)nc(OC2CCN(C(=O)Cn3cccn3)C2)n1. The number of hydrogen-bond donors (Lipinski definition) is 0. The highest BCUT2D eigenvalue weighted by Gasteiger charge is 2.28. The van der Waals surface area contributed by atoms with Crippen LogP contribution < -0.4 is 4.74 Å². The predicted molar refractivity (Wildman–Crippen MR) is 79.3 cm³/mol. The number of likely N-dealkylation sites (tertiary alicyclic amines) is 1. The van der Waals surface area contributed by atoms with Crippen molar-refractivity contribution in [1.82, 2.24) is 24.6 Å². The van der Waals surface area contributed by atoms with Gasteiger partial charge in [-0.1, -0.05) is 0 Å². The number of nitrogens with zero attached hydrogens (tertiary/aromatic N) is 5. The Morgan fingerprint density at radius 2 is 2.14 bits per heavy atom. The minimum absolute atomic E-state index is 0.0520. The van der Waals surface area contributed by atoms with Gasteiger partial charge in [0.15, 0.2) is 0 Å². The van der Waals surface area contributed by atoms with Gasteiger partial charge in [-0.3, -0.25) is 9.48 Å². The molecule has 0 saturated carbocycles. The van der Waals surface area contributed by atoms with E-state index in [1.54, 1.807) is 28.0 Å². The van der Waals surface area contributed by atoms with Crippen molar-refractivity contribution in [1.29, 1.82) is 0 Å².